The van der Waals surface area contributed by atoms with Gasteiger partial charge in [0.2, 0.25) is 0 Å². The summed E-state index contributed by atoms with van der Waals surface area (Å²) in [6.45, 7) is 3.65. The number of aryl methyl sites for hydroxylation is 1. The molecule has 1 aliphatic rings. The first kappa shape index (κ1) is 18.2. The summed E-state index contributed by atoms with van der Waals surface area (Å²) in [5, 5.41) is 3.38. The van der Waals surface area contributed by atoms with Crippen LogP contribution in [-0.2, 0) is 6.54 Å². The second kappa shape index (κ2) is 7.46. The van der Waals surface area contributed by atoms with E-state index in [1.807, 2.05) is 17.0 Å². The highest BCUT2D eigenvalue weighted by Gasteiger charge is 2.20. The first-order valence-corrected chi connectivity index (χ1v) is 9.38. The zero-order chi connectivity index (χ0) is 19.7. The molecule has 3 aromatic rings. The number of nitrogens with one attached hydrogen (secondary N) is 1. The zero-order valence-corrected chi connectivity index (χ0v) is 15.6. The molecule has 1 saturated heterocycles. The van der Waals surface area contributed by atoms with Crippen LogP contribution < -0.4 is 5.32 Å². The predicted molar refractivity (Wildman–Crippen MR) is 104 cm³/mol. The number of amides is 2. The van der Waals surface area contributed by atoms with Crippen molar-refractivity contribution in [2.75, 3.05) is 13.1 Å². The molecule has 2 amide bonds. The Hall–Kier alpha value is -3.15. The van der Waals surface area contributed by atoms with Crippen molar-refractivity contribution >= 4 is 22.8 Å². The van der Waals surface area contributed by atoms with E-state index in [2.05, 4.69) is 5.32 Å². The molecule has 5 nitrogen and oxygen atoms in total. The predicted octanol–water partition coefficient (Wildman–Crippen LogP) is 4.05. The Morgan fingerprint density at radius 3 is 2.50 bits per heavy atom. The van der Waals surface area contributed by atoms with Gasteiger partial charge in [0.25, 0.3) is 11.8 Å². The van der Waals surface area contributed by atoms with Crippen LogP contribution >= 0.6 is 0 Å². The van der Waals surface area contributed by atoms with E-state index in [1.54, 1.807) is 31.2 Å². The van der Waals surface area contributed by atoms with Crippen molar-refractivity contribution in [1.29, 1.82) is 0 Å². The fraction of sp³-hybridized carbons (Fsp3) is 0.273. The van der Waals surface area contributed by atoms with Gasteiger partial charge in [-0.25, -0.2) is 4.39 Å². The molecule has 1 N–H and O–H groups in total. The van der Waals surface area contributed by atoms with E-state index in [9.17, 15) is 14.0 Å². The van der Waals surface area contributed by atoms with E-state index in [0.29, 0.717) is 16.5 Å². The van der Waals surface area contributed by atoms with E-state index >= 15 is 0 Å². The number of halogens is 1. The number of rotatable bonds is 4. The maximum absolute atomic E-state index is 13.9. The Morgan fingerprint density at radius 2 is 1.82 bits per heavy atom. The Kier molecular flexibility index (Phi) is 4.86. The molecule has 0 spiro atoms. The van der Waals surface area contributed by atoms with Gasteiger partial charge in [0.05, 0.1) is 0 Å². The van der Waals surface area contributed by atoms with Gasteiger partial charge in [-0.3, -0.25) is 9.59 Å². The van der Waals surface area contributed by atoms with Crippen LogP contribution in [0.2, 0.25) is 0 Å². The van der Waals surface area contributed by atoms with Crippen LogP contribution in [0.3, 0.4) is 0 Å². The second-order valence-electron chi connectivity index (χ2n) is 7.05. The number of likely N-dealkylation sites (tertiary alicyclic amines) is 1. The molecular formula is C22H21FN2O3. The highest BCUT2D eigenvalue weighted by Crippen LogP contribution is 2.27. The summed E-state index contributed by atoms with van der Waals surface area (Å²) in [7, 11) is 0. The lowest BCUT2D eigenvalue weighted by Crippen LogP contribution is -2.27. The minimum Gasteiger partial charge on any atom is -0.448 e. The van der Waals surface area contributed by atoms with Crippen LogP contribution in [0.5, 0.6) is 0 Å². The van der Waals surface area contributed by atoms with Gasteiger partial charge < -0.3 is 14.6 Å². The van der Waals surface area contributed by atoms with Gasteiger partial charge in [-0.1, -0.05) is 24.3 Å². The zero-order valence-electron chi connectivity index (χ0n) is 15.6. The molecule has 2 aromatic carbocycles. The molecule has 0 aliphatic carbocycles. The van der Waals surface area contributed by atoms with Crippen LogP contribution in [0.1, 0.15) is 44.9 Å². The monoisotopic (exact) mass is 380 g/mol. The quantitative estimate of drug-likeness (QED) is 0.743. The van der Waals surface area contributed by atoms with Crippen molar-refractivity contribution in [3.63, 3.8) is 0 Å². The first-order valence-electron chi connectivity index (χ1n) is 9.38. The van der Waals surface area contributed by atoms with E-state index < -0.39 is 11.7 Å². The SMILES string of the molecule is Cc1c(C(=O)NCc2ccc(C(=O)N3CCCC3)cc2)oc2c(F)cccc12. The number of hydrogen-bond acceptors (Lipinski definition) is 3. The third-order valence-corrected chi connectivity index (χ3v) is 5.17. The lowest BCUT2D eigenvalue weighted by molar-refractivity contribution is 0.0792. The number of carbonyl (C=O) groups is 2. The number of hydrogen-bond donors (Lipinski definition) is 1. The van der Waals surface area contributed by atoms with Crippen molar-refractivity contribution < 1.29 is 18.4 Å². The van der Waals surface area contributed by atoms with Crippen LogP contribution in [0.25, 0.3) is 11.0 Å². The fourth-order valence-corrected chi connectivity index (χ4v) is 3.56. The number of fused-ring (bicyclic) bond motifs is 1. The van der Waals surface area contributed by atoms with Crippen LogP contribution in [-0.4, -0.2) is 29.8 Å². The minimum absolute atomic E-state index is 0.0491. The summed E-state index contributed by atoms with van der Waals surface area (Å²) in [6, 6.07) is 11.8. The van der Waals surface area contributed by atoms with Crippen molar-refractivity contribution in [3.05, 3.63) is 70.7 Å². The van der Waals surface area contributed by atoms with E-state index in [4.69, 9.17) is 4.42 Å². The van der Waals surface area contributed by atoms with Gasteiger partial charge in [0.15, 0.2) is 17.2 Å². The summed E-state index contributed by atoms with van der Waals surface area (Å²) < 4.78 is 19.3. The summed E-state index contributed by atoms with van der Waals surface area (Å²) >= 11 is 0. The van der Waals surface area contributed by atoms with Crippen molar-refractivity contribution in [2.45, 2.75) is 26.3 Å². The van der Waals surface area contributed by atoms with Crippen molar-refractivity contribution in [1.82, 2.24) is 10.2 Å². The smallest absolute Gasteiger partial charge is 0.287 e. The number of para-hydroxylation sites is 1. The Bertz CT molecular complexity index is 1030. The molecule has 28 heavy (non-hydrogen) atoms. The molecule has 4 rings (SSSR count). The third kappa shape index (κ3) is 3.38. The molecule has 6 heteroatoms. The highest BCUT2D eigenvalue weighted by molar-refractivity contribution is 5.99. The van der Waals surface area contributed by atoms with E-state index in [0.717, 1.165) is 31.5 Å². The average molecular weight is 380 g/mol. The standard InChI is InChI=1S/C22H21FN2O3/c1-14-17-5-4-6-18(23)20(17)28-19(14)21(26)24-13-15-7-9-16(10-8-15)22(27)25-11-2-3-12-25/h4-10H,2-3,11-13H2,1H3,(H,24,26). The van der Waals surface area contributed by atoms with Crippen LogP contribution in [0.15, 0.2) is 46.9 Å². The Balaban J connectivity index is 1.43. The Labute approximate surface area is 162 Å². The molecule has 1 fully saturated rings. The molecule has 0 atom stereocenters. The number of furan rings is 1. The van der Waals surface area contributed by atoms with Gasteiger partial charge in [0, 0.05) is 36.1 Å². The van der Waals surface area contributed by atoms with Gasteiger partial charge in [-0.05, 0) is 43.5 Å². The molecule has 0 bridgehead atoms. The van der Waals surface area contributed by atoms with Gasteiger partial charge in [0.1, 0.15) is 0 Å². The maximum Gasteiger partial charge on any atom is 0.287 e. The second-order valence-corrected chi connectivity index (χ2v) is 7.05. The maximum atomic E-state index is 13.9. The van der Waals surface area contributed by atoms with Crippen molar-refractivity contribution in [2.24, 2.45) is 0 Å². The van der Waals surface area contributed by atoms with Gasteiger partial charge >= 0.3 is 0 Å². The van der Waals surface area contributed by atoms with Crippen molar-refractivity contribution in [3.8, 4) is 0 Å². The molecule has 144 valence electrons. The van der Waals surface area contributed by atoms with Crippen LogP contribution in [0, 0.1) is 12.7 Å². The molecular weight excluding hydrogens is 359 g/mol. The number of nitrogens with zero attached hydrogens (tertiary/aromatic N) is 1. The van der Waals surface area contributed by atoms with Gasteiger partial charge in [-0.2, -0.15) is 0 Å². The molecule has 2 heterocycles. The summed E-state index contributed by atoms with van der Waals surface area (Å²) in [6.07, 6.45) is 2.11. The number of benzene rings is 2. The van der Waals surface area contributed by atoms with Gasteiger partial charge in [-0.15, -0.1) is 0 Å². The van der Waals surface area contributed by atoms with Crippen LogP contribution in [0.4, 0.5) is 4.39 Å². The summed E-state index contributed by atoms with van der Waals surface area (Å²) in [4.78, 5) is 26.7. The molecule has 0 radical (unpaired) electrons. The fourth-order valence-electron chi connectivity index (χ4n) is 3.56. The lowest BCUT2D eigenvalue weighted by Gasteiger charge is -2.15. The Morgan fingerprint density at radius 1 is 1.11 bits per heavy atom. The lowest BCUT2D eigenvalue weighted by atomic mass is 10.1. The molecule has 0 saturated carbocycles. The first-order chi connectivity index (χ1) is 13.5. The summed E-state index contributed by atoms with van der Waals surface area (Å²) in [5.41, 5.74) is 2.22. The minimum atomic E-state index is -0.488. The van der Waals surface area contributed by atoms with E-state index in [-0.39, 0.29) is 23.8 Å². The normalized spacial score (nSPS) is 13.9. The average Bonchev–Trinajstić information content (AvgIpc) is 3.36. The molecule has 0 unspecified atom stereocenters. The largest absolute Gasteiger partial charge is 0.448 e. The molecule has 1 aliphatic heterocycles. The third-order valence-electron chi connectivity index (χ3n) is 5.17. The number of carbonyl (C=O) groups excluding carboxylic acids is 2. The topological polar surface area (TPSA) is 62.6 Å². The summed E-state index contributed by atoms with van der Waals surface area (Å²) in [5.74, 6) is -0.725. The van der Waals surface area contributed by atoms with E-state index in [1.165, 1.54) is 6.07 Å². The highest BCUT2D eigenvalue weighted by atomic mass is 19.1. The molecule has 1 aromatic heterocycles.